The smallest absolute Gasteiger partial charge is 0.469 e. The largest absolute Gasteiger partial charge is 0.522 e. The molecule has 0 aromatic carbocycles. The molecular formula is C8H14F3NO3. The zero-order chi connectivity index (χ0) is 12.1. The number of carbonyl (C=O) groups excluding carboxylic acids is 1. The van der Waals surface area contributed by atoms with Crippen LogP contribution in [0.1, 0.15) is 13.3 Å². The van der Waals surface area contributed by atoms with Crippen molar-refractivity contribution in [3.63, 3.8) is 0 Å². The van der Waals surface area contributed by atoms with E-state index in [-0.39, 0.29) is 13.0 Å². The molecule has 0 aromatic heterocycles. The van der Waals surface area contributed by atoms with Crippen molar-refractivity contribution >= 4 is 5.97 Å². The lowest BCUT2D eigenvalue weighted by atomic mass is 9.87. The summed E-state index contributed by atoms with van der Waals surface area (Å²) in [7, 11) is 1.15. The molecule has 0 heterocycles. The fraction of sp³-hybridized carbons (Fsp3) is 0.875. The molecule has 1 atom stereocenters. The summed E-state index contributed by atoms with van der Waals surface area (Å²) >= 11 is 0. The lowest BCUT2D eigenvalue weighted by Crippen LogP contribution is -2.38. The minimum absolute atomic E-state index is 0.0963. The molecule has 0 rings (SSSR count). The van der Waals surface area contributed by atoms with E-state index in [2.05, 4.69) is 9.47 Å². The van der Waals surface area contributed by atoms with Crippen molar-refractivity contribution in [2.75, 3.05) is 20.3 Å². The Morgan fingerprint density at radius 2 is 1.93 bits per heavy atom. The lowest BCUT2D eigenvalue weighted by Gasteiger charge is -2.24. The average Bonchev–Trinajstić information content (AvgIpc) is 2.14. The molecule has 0 bridgehead atoms. The summed E-state index contributed by atoms with van der Waals surface area (Å²) in [5, 5.41) is 0. The van der Waals surface area contributed by atoms with Crippen LogP contribution in [0.3, 0.4) is 0 Å². The van der Waals surface area contributed by atoms with Crippen LogP contribution in [0.25, 0.3) is 0 Å². The first-order chi connectivity index (χ1) is 6.75. The summed E-state index contributed by atoms with van der Waals surface area (Å²) in [6.45, 7) is 0.714. The summed E-state index contributed by atoms with van der Waals surface area (Å²) in [5.74, 6) is -0.643. The zero-order valence-corrected chi connectivity index (χ0v) is 8.56. The highest BCUT2D eigenvalue weighted by Crippen LogP contribution is 2.24. The van der Waals surface area contributed by atoms with E-state index in [0.29, 0.717) is 0 Å². The minimum Gasteiger partial charge on any atom is -0.469 e. The van der Waals surface area contributed by atoms with Gasteiger partial charge in [0.25, 0.3) is 0 Å². The standard InChI is InChI=1S/C8H14F3NO3/c1-7(5-12,6(13)14-2)3-4-15-8(9,10)11/h3-5,12H2,1-2H3. The first-order valence-corrected chi connectivity index (χ1v) is 4.24. The number of hydrogen-bond acceptors (Lipinski definition) is 4. The quantitative estimate of drug-likeness (QED) is 0.716. The molecular weight excluding hydrogens is 215 g/mol. The van der Waals surface area contributed by atoms with E-state index in [0.717, 1.165) is 7.11 Å². The van der Waals surface area contributed by atoms with E-state index < -0.39 is 24.4 Å². The molecule has 0 saturated heterocycles. The van der Waals surface area contributed by atoms with Crippen LogP contribution in [0.5, 0.6) is 0 Å². The van der Waals surface area contributed by atoms with Gasteiger partial charge in [-0.15, -0.1) is 13.2 Å². The van der Waals surface area contributed by atoms with Crippen LogP contribution in [0.15, 0.2) is 0 Å². The second-order valence-electron chi connectivity index (χ2n) is 3.30. The molecule has 0 saturated carbocycles. The Morgan fingerprint density at radius 1 is 1.40 bits per heavy atom. The SMILES string of the molecule is COC(=O)C(C)(CN)CCOC(F)(F)F. The molecule has 15 heavy (non-hydrogen) atoms. The Kier molecular flexibility index (Phi) is 5.02. The van der Waals surface area contributed by atoms with Crippen LogP contribution < -0.4 is 5.73 Å². The van der Waals surface area contributed by atoms with E-state index in [1.54, 1.807) is 0 Å². The maximum Gasteiger partial charge on any atom is 0.522 e. The van der Waals surface area contributed by atoms with E-state index in [4.69, 9.17) is 5.73 Å². The van der Waals surface area contributed by atoms with Gasteiger partial charge in [-0.05, 0) is 13.3 Å². The lowest BCUT2D eigenvalue weighted by molar-refractivity contribution is -0.326. The van der Waals surface area contributed by atoms with Crippen molar-refractivity contribution in [1.29, 1.82) is 0 Å². The Balaban J connectivity index is 4.16. The van der Waals surface area contributed by atoms with Gasteiger partial charge in [-0.3, -0.25) is 9.53 Å². The van der Waals surface area contributed by atoms with Crippen LogP contribution in [-0.4, -0.2) is 32.6 Å². The molecule has 1 unspecified atom stereocenters. The minimum atomic E-state index is -4.69. The number of methoxy groups -OCH3 is 1. The van der Waals surface area contributed by atoms with Crippen molar-refractivity contribution in [3.8, 4) is 0 Å². The predicted molar refractivity (Wildman–Crippen MR) is 45.8 cm³/mol. The van der Waals surface area contributed by atoms with Crippen LogP contribution in [0.4, 0.5) is 13.2 Å². The first-order valence-electron chi connectivity index (χ1n) is 4.24. The van der Waals surface area contributed by atoms with Gasteiger partial charge in [0.2, 0.25) is 0 Å². The molecule has 0 aromatic rings. The predicted octanol–water partition coefficient (Wildman–Crippen LogP) is 1.05. The summed E-state index contributed by atoms with van der Waals surface area (Å²) < 4.78 is 42.9. The number of ether oxygens (including phenoxy) is 2. The van der Waals surface area contributed by atoms with E-state index >= 15 is 0 Å². The second-order valence-corrected chi connectivity index (χ2v) is 3.30. The first kappa shape index (κ1) is 14.2. The van der Waals surface area contributed by atoms with Gasteiger partial charge in [0.05, 0.1) is 19.1 Å². The fourth-order valence-electron chi connectivity index (χ4n) is 0.926. The number of halogens is 3. The van der Waals surface area contributed by atoms with Crippen molar-refractivity contribution in [1.82, 2.24) is 0 Å². The Labute approximate surface area is 85.5 Å². The molecule has 0 spiro atoms. The van der Waals surface area contributed by atoms with Crippen molar-refractivity contribution in [2.24, 2.45) is 11.1 Å². The van der Waals surface area contributed by atoms with E-state index in [1.807, 2.05) is 0 Å². The molecule has 0 aliphatic heterocycles. The fourth-order valence-corrected chi connectivity index (χ4v) is 0.926. The highest BCUT2D eigenvalue weighted by Gasteiger charge is 2.35. The Hall–Kier alpha value is -0.820. The van der Waals surface area contributed by atoms with Gasteiger partial charge >= 0.3 is 12.3 Å². The zero-order valence-electron chi connectivity index (χ0n) is 8.56. The number of hydrogen-bond donors (Lipinski definition) is 1. The molecule has 4 nitrogen and oxygen atoms in total. The third-order valence-electron chi connectivity index (χ3n) is 2.05. The van der Waals surface area contributed by atoms with Crippen LogP contribution in [0, 0.1) is 5.41 Å². The van der Waals surface area contributed by atoms with Gasteiger partial charge < -0.3 is 10.5 Å². The van der Waals surface area contributed by atoms with Crippen LogP contribution >= 0.6 is 0 Å². The third-order valence-corrected chi connectivity index (χ3v) is 2.05. The number of nitrogens with two attached hydrogens (primary N) is 1. The van der Waals surface area contributed by atoms with Gasteiger partial charge in [0.1, 0.15) is 0 Å². The Morgan fingerprint density at radius 3 is 2.27 bits per heavy atom. The molecule has 0 amide bonds. The molecule has 2 N–H and O–H groups in total. The van der Waals surface area contributed by atoms with Gasteiger partial charge in [0.15, 0.2) is 0 Å². The van der Waals surface area contributed by atoms with Crippen molar-refractivity contribution in [2.45, 2.75) is 19.7 Å². The number of carbonyl (C=O) groups is 1. The Bertz CT molecular complexity index is 220. The van der Waals surface area contributed by atoms with Gasteiger partial charge in [-0.1, -0.05) is 0 Å². The maximum absolute atomic E-state index is 11.6. The van der Waals surface area contributed by atoms with E-state index in [9.17, 15) is 18.0 Å². The van der Waals surface area contributed by atoms with Crippen LogP contribution in [0.2, 0.25) is 0 Å². The molecule has 0 radical (unpaired) electrons. The van der Waals surface area contributed by atoms with Crippen LogP contribution in [-0.2, 0) is 14.3 Å². The summed E-state index contributed by atoms with van der Waals surface area (Å²) in [6, 6.07) is 0. The van der Waals surface area contributed by atoms with E-state index in [1.165, 1.54) is 6.92 Å². The number of esters is 1. The molecule has 90 valence electrons. The van der Waals surface area contributed by atoms with Crippen molar-refractivity contribution < 1.29 is 27.4 Å². The van der Waals surface area contributed by atoms with Crippen molar-refractivity contribution in [3.05, 3.63) is 0 Å². The molecule has 0 fully saturated rings. The molecule has 0 aliphatic rings. The highest BCUT2D eigenvalue weighted by atomic mass is 19.4. The normalized spacial score (nSPS) is 15.9. The number of rotatable bonds is 5. The number of alkyl halides is 3. The monoisotopic (exact) mass is 229 g/mol. The van der Waals surface area contributed by atoms with Gasteiger partial charge in [-0.2, -0.15) is 0 Å². The topological polar surface area (TPSA) is 61.5 Å². The molecule has 7 heteroatoms. The average molecular weight is 229 g/mol. The second kappa shape index (κ2) is 5.32. The van der Waals surface area contributed by atoms with Gasteiger partial charge in [-0.25, -0.2) is 0 Å². The third kappa shape index (κ3) is 4.98. The summed E-state index contributed by atoms with van der Waals surface area (Å²) in [4.78, 5) is 11.2. The summed E-state index contributed by atoms with van der Waals surface area (Å²) in [5.41, 5.74) is 4.16. The maximum atomic E-state index is 11.6. The highest BCUT2D eigenvalue weighted by molar-refractivity contribution is 5.76. The summed E-state index contributed by atoms with van der Waals surface area (Å²) in [6.07, 6.45) is -4.83. The van der Waals surface area contributed by atoms with Gasteiger partial charge in [0, 0.05) is 6.54 Å². The molecule has 0 aliphatic carbocycles.